The Morgan fingerprint density at radius 3 is 2.69 bits per heavy atom. The fourth-order valence-electron chi connectivity index (χ4n) is 3.98. The number of halogens is 1. The molecule has 3 rings (SSSR count). The van der Waals surface area contributed by atoms with Crippen molar-refractivity contribution in [2.24, 2.45) is 11.8 Å². The Morgan fingerprint density at radius 2 is 2.03 bits per heavy atom. The first kappa shape index (κ1) is 21.1. The van der Waals surface area contributed by atoms with E-state index in [1.54, 1.807) is 0 Å². The van der Waals surface area contributed by atoms with Gasteiger partial charge in [-0.15, -0.1) is 0 Å². The highest BCUT2D eigenvalue weighted by atomic mass is 19.1. The van der Waals surface area contributed by atoms with Crippen molar-refractivity contribution in [2.45, 2.75) is 44.6 Å². The maximum Gasteiger partial charge on any atom is 0.251 e. The normalized spacial score (nSPS) is 20.5. The Hall–Kier alpha value is -2.66. The van der Waals surface area contributed by atoms with E-state index in [4.69, 9.17) is 0 Å². The minimum atomic E-state index is -0.800. The zero-order valence-corrected chi connectivity index (χ0v) is 16.0. The van der Waals surface area contributed by atoms with E-state index in [-0.39, 0.29) is 24.8 Å². The number of carbonyl (C=O) groups excluding carboxylic acids is 3. The Labute approximate surface area is 167 Å². The first-order valence-electron chi connectivity index (χ1n) is 9.73. The van der Waals surface area contributed by atoms with Crippen molar-refractivity contribution >= 4 is 24.2 Å². The van der Waals surface area contributed by atoms with Crippen LogP contribution in [0.5, 0.6) is 0 Å². The number of hydrogen-bond acceptors (Lipinski definition) is 7. The molecular formula is C18H25FN6O4. The van der Waals surface area contributed by atoms with Crippen LogP contribution < -0.4 is 10.7 Å². The third-order valence-corrected chi connectivity index (χ3v) is 5.38. The first-order valence-corrected chi connectivity index (χ1v) is 9.73. The van der Waals surface area contributed by atoms with Gasteiger partial charge in [-0.3, -0.25) is 29.9 Å². The fraction of sp³-hybridized carbons (Fsp3) is 0.611. The van der Waals surface area contributed by atoms with Gasteiger partial charge in [0.1, 0.15) is 6.04 Å². The van der Waals surface area contributed by atoms with Gasteiger partial charge >= 0.3 is 0 Å². The number of rotatable bonds is 8. The summed E-state index contributed by atoms with van der Waals surface area (Å²) in [5.74, 6) is -1.80. The number of amides is 3. The molecule has 0 spiro atoms. The third kappa shape index (κ3) is 5.45. The molecule has 158 valence electrons. The fourth-order valence-corrected chi connectivity index (χ4v) is 3.98. The van der Waals surface area contributed by atoms with Crippen molar-refractivity contribution < 1.29 is 24.0 Å². The van der Waals surface area contributed by atoms with Crippen LogP contribution in [0.25, 0.3) is 0 Å². The van der Waals surface area contributed by atoms with Crippen LogP contribution in [0.2, 0.25) is 0 Å². The number of carbonyl (C=O) groups is 3. The second-order valence-corrected chi connectivity index (χ2v) is 7.45. The van der Waals surface area contributed by atoms with E-state index in [9.17, 15) is 24.0 Å². The lowest BCUT2D eigenvalue weighted by molar-refractivity contribution is -0.159. The van der Waals surface area contributed by atoms with Crippen molar-refractivity contribution in [3.63, 3.8) is 0 Å². The molecule has 0 bridgehead atoms. The molecule has 3 N–H and O–H groups in total. The summed E-state index contributed by atoms with van der Waals surface area (Å²) in [5, 5.41) is 13.8. The summed E-state index contributed by atoms with van der Waals surface area (Å²) in [5.41, 5.74) is 2.91. The molecule has 1 saturated heterocycles. The lowest BCUT2D eigenvalue weighted by Crippen LogP contribution is -2.51. The second kappa shape index (κ2) is 9.70. The minimum Gasteiger partial charge on any atom is -0.293 e. The zero-order chi connectivity index (χ0) is 20.8. The number of nitrogens with zero attached hydrogens (tertiary/aromatic N) is 4. The average molecular weight is 408 g/mol. The first-order chi connectivity index (χ1) is 14.0. The Bertz CT molecular complexity index is 728. The average Bonchev–Trinajstić information content (AvgIpc) is 3.40. The molecule has 0 radical (unpaired) electrons. The SMILES string of the molecule is O=CN(O)CC(CC1CCCC1)C(=O)N1NCCC1C(=O)Nc1ncc(F)cn1. The van der Waals surface area contributed by atoms with Crippen LogP contribution in [0.15, 0.2) is 12.4 Å². The van der Waals surface area contributed by atoms with E-state index in [0.717, 1.165) is 38.1 Å². The summed E-state index contributed by atoms with van der Waals surface area (Å²) < 4.78 is 12.9. The quantitative estimate of drug-likeness (QED) is 0.328. The number of hydrazine groups is 1. The molecule has 1 aromatic rings. The molecule has 2 unspecified atom stereocenters. The summed E-state index contributed by atoms with van der Waals surface area (Å²) in [6, 6.07) is -0.800. The van der Waals surface area contributed by atoms with E-state index in [1.165, 1.54) is 5.01 Å². The Balaban J connectivity index is 1.68. The Morgan fingerprint density at radius 1 is 1.34 bits per heavy atom. The van der Waals surface area contributed by atoms with Crippen molar-refractivity contribution in [3.8, 4) is 0 Å². The van der Waals surface area contributed by atoms with Crippen LogP contribution in [-0.4, -0.2) is 62.6 Å². The highest BCUT2D eigenvalue weighted by molar-refractivity contribution is 5.96. The predicted octanol–water partition coefficient (Wildman–Crippen LogP) is 0.704. The molecule has 11 heteroatoms. The minimum absolute atomic E-state index is 0.0549. The van der Waals surface area contributed by atoms with Gasteiger partial charge in [0.15, 0.2) is 5.82 Å². The molecule has 1 aliphatic carbocycles. The summed E-state index contributed by atoms with van der Waals surface area (Å²) >= 11 is 0. The van der Waals surface area contributed by atoms with E-state index < -0.39 is 23.7 Å². The molecular weight excluding hydrogens is 383 g/mol. The molecule has 1 aliphatic heterocycles. The van der Waals surface area contributed by atoms with Gasteiger partial charge < -0.3 is 0 Å². The smallest absolute Gasteiger partial charge is 0.251 e. The molecule has 2 atom stereocenters. The molecule has 29 heavy (non-hydrogen) atoms. The largest absolute Gasteiger partial charge is 0.293 e. The zero-order valence-electron chi connectivity index (χ0n) is 16.0. The number of anilines is 1. The van der Waals surface area contributed by atoms with E-state index in [0.29, 0.717) is 30.4 Å². The maximum absolute atomic E-state index is 13.1. The standard InChI is InChI=1S/C18H25FN6O4/c19-14-8-20-18(21-9-14)23-16(27)15-5-6-22-25(15)17(28)13(10-24(29)11-26)7-12-3-1-2-4-12/h8-9,11-13,15,22,29H,1-7,10H2,(H,20,21,23,27). The summed E-state index contributed by atoms with van der Waals surface area (Å²) in [6.07, 6.45) is 7.28. The predicted molar refractivity (Wildman–Crippen MR) is 98.5 cm³/mol. The summed E-state index contributed by atoms with van der Waals surface area (Å²) in [7, 11) is 0. The van der Waals surface area contributed by atoms with Gasteiger partial charge in [0.05, 0.1) is 24.9 Å². The van der Waals surface area contributed by atoms with Crippen LogP contribution in [0.3, 0.4) is 0 Å². The summed E-state index contributed by atoms with van der Waals surface area (Å²) in [6.45, 7) is 0.285. The molecule has 1 aromatic heterocycles. The van der Waals surface area contributed by atoms with Gasteiger partial charge in [0.25, 0.3) is 5.91 Å². The van der Waals surface area contributed by atoms with Gasteiger partial charge in [-0.2, -0.15) is 0 Å². The number of nitrogens with one attached hydrogen (secondary N) is 2. The lowest BCUT2D eigenvalue weighted by atomic mass is 9.92. The van der Waals surface area contributed by atoms with Crippen LogP contribution in [0, 0.1) is 17.7 Å². The van der Waals surface area contributed by atoms with Gasteiger partial charge in [-0.25, -0.2) is 24.8 Å². The third-order valence-electron chi connectivity index (χ3n) is 5.38. The van der Waals surface area contributed by atoms with E-state index >= 15 is 0 Å². The number of hydrogen-bond donors (Lipinski definition) is 3. The number of aromatic nitrogens is 2. The van der Waals surface area contributed by atoms with Crippen molar-refractivity contribution in [1.29, 1.82) is 0 Å². The number of hydroxylamine groups is 2. The van der Waals surface area contributed by atoms with Crippen molar-refractivity contribution in [2.75, 3.05) is 18.4 Å². The lowest BCUT2D eigenvalue weighted by Gasteiger charge is -2.29. The summed E-state index contributed by atoms with van der Waals surface area (Å²) in [4.78, 5) is 44.0. The molecule has 3 amide bonds. The van der Waals surface area contributed by atoms with Gasteiger partial charge in [-0.1, -0.05) is 25.7 Å². The van der Waals surface area contributed by atoms with Crippen molar-refractivity contribution in [1.82, 2.24) is 25.5 Å². The highest BCUT2D eigenvalue weighted by Crippen LogP contribution is 2.31. The van der Waals surface area contributed by atoms with Gasteiger partial charge in [0.2, 0.25) is 18.3 Å². The maximum atomic E-state index is 13.1. The van der Waals surface area contributed by atoms with Crippen LogP contribution in [-0.2, 0) is 14.4 Å². The van der Waals surface area contributed by atoms with E-state index in [2.05, 4.69) is 20.7 Å². The molecule has 2 heterocycles. The topological polar surface area (TPSA) is 128 Å². The van der Waals surface area contributed by atoms with Crippen LogP contribution >= 0.6 is 0 Å². The molecule has 0 aromatic carbocycles. The van der Waals surface area contributed by atoms with Gasteiger partial charge in [-0.05, 0) is 18.8 Å². The molecule has 1 saturated carbocycles. The van der Waals surface area contributed by atoms with Crippen LogP contribution in [0.1, 0.15) is 38.5 Å². The Kier molecular flexibility index (Phi) is 7.04. The molecule has 2 fully saturated rings. The molecule has 10 nitrogen and oxygen atoms in total. The highest BCUT2D eigenvalue weighted by Gasteiger charge is 2.39. The molecule has 2 aliphatic rings. The van der Waals surface area contributed by atoms with Crippen molar-refractivity contribution in [3.05, 3.63) is 18.2 Å². The monoisotopic (exact) mass is 408 g/mol. The van der Waals surface area contributed by atoms with E-state index in [1.807, 2.05) is 0 Å². The van der Waals surface area contributed by atoms with Crippen LogP contribution in [0.4, 0.5) is 10.3 Å². The second-order valence-electron chi connectivity index (χ2n) is 7.45. The van der Waals surface area contributed by atoms with Gasteiger partial charge in [0, 0.05) is 6.54 Å².